The number of aromatic nitrogens is 1. The third-order valence-electron chi connectivity index (χ3n) is 2.07. The summed E-state index contributed by atoms with van der Waals surface area (Å²) >= 11 is 1.82. The molecule has 1 aromatic rings. The van der Waals surface area contributed by atoms with Crippen LogP contribution in [0.3, 0.4) is 0 Å². The SMILES string of the molecule is CSCC(C)(C)c1ccc(=O)[nH]c1. The lowest BCUT2D eigenvalue weighted by Crippen LogP contribution is -2.21. The molecule has 72 valence electrons. The number of thioether (sulfide) groups is 1. The minimum absolute atomic E-state index is 0.0382. The Kier molecular flexibility index (Phi) is 3.20. The first-order valence-electron chi connectivity index (χ1n) is 4.24. The average molecular weight is 197 g/mol. The molecule has 0 atom stereocenters. The molecule has 1 heterocycles. The molecule has 1 aromatic heterocycles. The number of hydrogen-bond donors (Lipinski definition) is 1. The second-order valence-electron chi connectivity index (χ2n) is 3.76. The van der Waals surface area contributed by atoms with Gasteiger partial charge in [-0.15, -0.1) is 0 Å². The summed E-state index contributed by atoms with van der Waals surface area (Å²) < 4.78 is 0. The van der Waals surface area contributed by atoms with Gasteiger partial charge in [-0.25, -0.2) is 0 Å². The van der Waals surface area contributed by atoms with Crippen molar-refractivity contribution >= 4 is 11.8 Å². The number of aromatic amines is 1. The van der Waals surface area contributed by atoms with Crippen LogP contribution in [0.2, 0.25) is 0 Å². The van der Waals surface area contributed by atoms with Gasteiger partial charge in [-0.05, 0) is 11.8 Å². The van der Waals surface area contributed by atoms with Crippen molar-refractivity contribution < 1.29 is 0 Å². The highest BCUT2D eigenvalue weighted by atomic mass is 32.2. The first-order chi connectivity index (χ1) is 6.06. The second kappa shape index (κ2) is 4.01. The van der Waals surface area contributed by atoms with E-state index in [9.17, 15) is 4.79 Å². The van der Waals surface area contributed by atoms with Crippen LogP contribution in [-0.4, -0.2) is 17.0 Å². The molecule has 0 unspecified atom stereocenters. The minimum Gasteiger partial charge on any atom is -0.329 e. The molecule has 1 N–H and O–H groups in total. The molecule has 3 heteroatoms. The van der Waals surface area contributed by atoms with Crippen molar-refractivity contribution in [3.63, 3.8) is 0 Å². The zero-order chi connectivity index (χ0) is 9.90. The van der Waals surface area contributed by atoms with E-state index in [-0.39, 0.29) is 11.0 Å². The Morgan fingerprint density at radius 3 is 2.62 bits per heavy atom. The van der Waals surface area contributed by atoms with E-state index in [4.69, 9.17) is 0 Å². The summed E-state index contributed by atoms with van der Waals surface area (Å²) in [4.78, 5) is 13.5. The van der Waals surface area contributed by atoms with Crippen molar-refractivity contribution in [1.82, 2.24) is 4.98 Å². The molecule has 2 nitrogen and oxygen atoms in total. The molecular weight excluding hydrogens is 182 g/mol. The van der Waals surface area contributed by atoms with Gasteiger partial charge in [0.1, 0.15) is 0 Å². The second-order valence-corrected chi connectivity index (χ2v) is 4.62. The minimum atomic E-state index is -0.0382. The first-order valence-corrected chi connectivity index (χ1v) is 5.64. The molecule has 0 saturated carbocycles. The fraction of sp³-hybridized carbons (Fsp3) is 0.500. The van der Waals surface area contributed by atoms with E-state index in [1.165, 1.54) is 5.56 Å². The Balaban J connectivity index is 2.93. The zero-order valence-corrected chi connectivity index (χ0v) is 9.07. The summed E-state index contributed by atoms with van der Waals surface area (Å²) in [6, 6.07) is 3.48. The van der Waals surface area contributed by atoms with Crippen LogP contribution in [0, 0.1) is 0 Å². The first kappa shape index (κ1) is 10.4. The molecule has 0 radical (unpaired) electrons. The molecule has 0 amide bonds. The van der Waals surface area contributed by atoms with E-state index >= 15 is 0 Å². The molecule has 0 aliphatic heterocycles. The quantitative estimate of drug-likeness (QED) is 0.804. The van der Waals surface area contributed by atoms with Gasteiger partial charge < -0.3 is 4.98 Å². The maximum absolute atomic E-state index is 10.8. The van der Waals surface area contributed by atoms with E-state index in [1.807, 2.05) is 17.8 Å². The monoisotopic (exact) mass is 197 g/mol. The number of H-pyrrole nitrogens is 1. The fourth-order valence-electron chi connectivity index (χ4n) is 1.28. The Morgan fingerprint density at radius 2 is 2.15 bits per heavy atom. The standard InChI is InChI=1S/C10H15NOS/c1-10(2,7-13-3)8-4-5-9(12)11-6-8/h4-6H,7H2,1-3H3,(H,11,12). The molecule has 0 saturated heterocycles. The molecule has 0 aromatic carbocycles. The normalized spacial score (nSPS) is 11.6. The van der Waals surface area contributed by atoms with Crippen LogP contribution in [0.25, 0.3) is 0 Å². The van der Waals surface area contributed by atoms with Gasteiger partial charge in [-0.2, -0.15) is 11.8 Å². The van der Waals surface area contributed by atoms with Gasteiger partial charge >= 0.3 is 0 Å². The van der Waals surface area contributed by atoms with Gasteiger partial charge in [0, 0.05) is 23.4 Å². The molecule has 0 aliphatic carbocycles. The fourth-order valence-corrected chi connectivity index (χ4v) is 2.16. The largest absolute Gasteiger partial charge is 0.329 e. The molecule has 0 fully saturated rings. The Bertz CT molecular complexity index is 309. The van der Waals surface area contributed by atoms with Crippen LogP contribution in [0.5, 0.6) is 0 Å². The van der Waals surface area contributed by atoms with E-state index in [2.05, 4.69) is 25.1 Å². The van der Waals surface area contributed by atoms with Gasteiger partial charge in [-0.3, -0.25) is 4.79 Å². The molecule has 13 heavy (non-hydrogen) atoms. The van der Waals surface area contributed by atoms with Gasteiger partial charge in [0.2, 0.25) is 5.56 Å². The Hall–Kier alpha value is -0.700. The number of rotatable bonds is 3. The summed E-state index contributed by atoms with van der Waals surface area (Å²) in [6.07, 6.45) is 3.89. The van der Waals surface area contributed by atoms with Crippen LogP contribution in [0.4, 0.5) is 0 Å². The van der Waals surface area contributed by atoms with Gasteiger partial charge in [-0.1, -0.05) is 19.9 Å². The summed E-state index contributed by atoms with van der Waals surface area (Å²) in [6.45, 7) is 4.36. The topological polar surface area (TPSA) is 32.9 Å². The van der Waals surface area contributed by atoms with Crippen molar-refractivity contribution in [2.24, 2.45) is 0 Å². The summed E-state index contributed by atoms with van der Waals surface area (Å²) in [7, 11) is 0. The van der Waals surface area contributed by atoms with Crippen LogP contribution in [0.15, 0.2) is 23.1 Å². The Morgan fingerprint density at radius 1 is 1.46 bits per heavy atom. The van der Waals surface area contributed by atoms with Crippen molar-refractivity contribution in [3.05, 3.63) is 34.2 Å². The molecule has 0 bridgehead atoms. The lowest BCUT2D eigenvalue weighted by molar-refractivity contribution is 0.599. The number of hydrogen-bond acceptors (Lipinski definition) is 2. The highest BCUT2D eigenvalue weighted by Crippen LogP contribution is 2.24. The van der Waals surface area contributed by atoms with Crippen molar-refractivity contribution in [2.75, 3.05) is 12.0 Å². The zero-order valence-electron chi connectivity index (χ0n) is 8.26. The lowest BCUT2D eigenvalue weighted by Gasteiger charge is -2.23. The molecule has 0 aliphatic rings. The molecular formula is C10H15NOS. The van der Waals surface area contributed by atoms with Gasteiger partial charge in [0.05, 0.1) is 0 Å². The third-order valence-corrected chi connectivity index (χ3v) is 3.08. The van der Waals surface area contributed by atoms with Crippen LogP contribution >= 0.6 is 11.8 Å². The van der Waals surface area contributed by atoms with Crippen LogP contribution in [-0.2, 0) is 5.41 Å². The summed E-state index contributed by atoms with van der Waals surface area (Å²) in [5.74, 6) is 1.05. The summed E-state index contributed by atoms with van der Waals surface area (Å²) in [5.41, 5.74) is 1.27. The predicted molar refractivity (Wildman–Crippen MR) is 58.5 cm³/mol. The Labute approximate surface area is 82.8 Å². The van der Waals surface area contributed by atoms with Gasteiger partial charge in [0.15, 0.2) is 0 Å². The van der Waals surface area contributed by atoms with E-state index in [0.717, 1.165) is 5.75 Å². The number of pyridine rings is 1. The van der Waals surface area contributed by atoms with Crippen molar-refractivity contribution in [3.8, 4) is 0 Å². The van der Waals surface area contributed by atoms with Crippen LogP contribution in [0.1, 0.15) is 19.4 Å². The maximum Gasteiger partial charge on any atom is 0.247 e. The van der Waals surface area contributed by atoms with E-state index in [1.54, 1.807) is 12.3 Å². The average Bonchev–Trinajstić information content (AvgIpc) is 2.05. The summed E-state index contributed by atoms with van der Waals surface area (Å²) in [5, 5.41) is 0. The smallest absolute Gasteiger partial charge is 0.247 e. The highest BCUT2D eigenvalue weighted by Gasteiger charge is 2.19. The number of nitrogens with one attached hydrogen (secondary N) is 1. The molecule has 0 spiro atoms. The molecule has 1 rings (SSSR count). The van der Waals surface area contributed by atoms with E-state index < -0.39 is 0 Å². The van der Waals surface area contributed by atoms with Crippen molar-refractivity contribution in [2.45, 2.75) is 19.3 Å². The predicted octanol–water partition coefficient (Wildman–Crippen LogP) is 2.02. The third kappa shape index (κ3) is 2.62. The van der Waals surface area contributed by atoms with Gasteiger partial charge in [0.25, 0.3) is 0 Å². The maximum atomic E-state index is 10.8. The van der Waals surface area contributed by atoms with Crippen molar-refractivity contribution in [1.29, 1.82) is 0 Å². The van der Waals surface area contributed by atoms with E-state index in [0.29, 0.717) is 0 Å². The van der Waals surface area contributed by atoms with Crippen LogP contribution < -0.4 is 5.56 Å². The lowest BCUT2D eigenvalue weighted by atomic mass is 9.88. The highest BCUT2D eigenvalue weighted by molar-refractivity contribution is 7.98.